The molecule has 0 aliphatic heterocycles. The average molecular weight is 228 g/mol. The summed E-state index contributed by atoms with van der Waals surface area (Å²) in [4.78, 5) is 0. The highest BCUT2D eigenvalue weighted by atomic mass is 16.5. The molecule has 92 valence electrons. The van der Waals surface area contributed by atoms with Gasteiger partial charge in [-0.2, -0.15) is 0 Å². The minimum atomic E-state index is -0.445. The van der Waals surface area contributed by atoms with Crippen LogP contribution in [0.5, 0.6) is 0 Å². The van der Waals surface area contributed by atoms with Crippen molar-refractivity contribution in [1.29, 1.82) is 0 Å². The fourth-order valence-electron chi connectivity index (χ4n) is 1.32. The number of aryl methyl sites for hydroxylation is 1. The molecule has 0 saturated carbocycles. The van der Waals surface area contributed by atoms with Gasteiger partial charge in [0.1, 0.15) is 12.2 Å². The second kappa shape index (κ2) is 7.32. The van der Waals surface area contributed by atoms with E-state index in [-0.39, 0.29) is 0 Å². The van der Waals surface area contributed by atoms with E-state index in [0.717, 1.165) is 18.8 Å². The Kier molecular flexibility index (Phi) is 5.99. The number of aliphatic hydroxyl groups excluding tert-OH is 1. The van der Waals surface area contributed by atoms with Crippen molar-refractivity contribution in [2.45, 2.75) is 19.4 Å². The summed E-state index contributed by atoms with van der Waals surface area (Å²) in [6.45, 7) is 4.24. The van der Waals surface area contributed by atoms with Gasteiger partial charge in [-0.25, -0.2) is 0 Å². The minimum absolute atomic E-state index is 0.382. The van der Waals surface area contributed by atoms with E-state index in [9.17, 15) is 5.11 Å². The zero-order chi connectivity index (χ0) is 11.8. The summed E-state index contributed by atoms with van der Waals surface area (Å²) >= 11 is 0. The zero-order valence-corrected chi connectivity index (χ0v) is 9.89. The van der Waals surface area contributed by atoms with E-state index in [1.165, 1.54) is 0 Å². The van der Waals surface area contributed by atoms with Crippen LogP contribution in [-0.4, -0.2) is 52.3 Å². The molecule has 0 spiro atoms. The zero-order valence-electron chi connectivity index (χ0n) is 9.89. The van der Waals surface area contributed by atoms with Crippen molar-refractivity contribution in [3.63, 3.8) is 0 Å². The Morgan fingerprint density at radius 2 is 2.44 bits per heavy atom. The molecule has 0 amide bonds. The number of nitrogens with one attached hydrogen (secondary N) is 1. The van der Waals surface area contributed by atoms with Gasteiger partial charge in [-0.15, -0.1) is 10.2 Å². The SMILES string of the molecule is CCOCC(O)CNCCc1nncn1C. The molecule has 6 nitrogen and oxygen atoms in total. The smallest absolute Gasteiger partial charge is 0.133 e. The van der Waals surface area contributed by atoms with E-state index >= 15 is 0 Å². The van der Waals surface area contributed by atoms with Crippen LogP contribution in [-0.2, 0) is 18.2 Å². The molecule has 0 saturated heterocycles. The number of aliphatic hydroxyl groups is 1. The van der Waals surface area contributed by atoms with Crippen molar-refractivity contribution in [3.8, 4) is 0 Å². The Hall–Kier alpha value is -0.980. The topological polar surface area (TPSA) is 72.2 Å². The van der Waals surface area contributed by atoms with Gasteiger partial charge in [-0.05, 0) is 6.92 Å². The quantitative estimate of drug-likeness (QED) is 0.578. The molecular formula is C10H20N4O2. The normalized spacial score (nSPS) is 12.9. The maximum absolute atomic E-state index is 9.47. The van der Waals surface area contributed by atoms with Crippen LogP contribution in [0.25, 0.3) is 0 Å². The standard InChI is InChI=1S/C10H20N4O2/c1-3-16-7-9(15)6-11-5-4-10-13-12-8-14(10)2/h8-9,11,15H,3-7H2,1-2H3. The van der Waals surface area contributed by atoms with Crippen molar-refractivity contribution in [2.75, 3.05) is 26.3 Å². The lowest BCUT2D eigenvalue weighted by Crippen LogP contribution is -2.31. The highest BCUT2D eigenvalue weighted by Crippen LogP contribution is 1.91. The number of hydrogen-bond donors (Lipinski definition) is 2. The lowest BCUT2D eigenvalue weighted by Gasteiger charge is -2.11. The van der Waals surface area contributed by atoms with Crippen molar-refractivity contribution >= 4 is 0 Å². The number of aromatic nitrogens is 3. The molecule has 0 aliphatic rings. The first-order valence-electron chi connectivity index (χ1n) is 5.53. The summed E-state index contributed by atoms with van der Waals surface area (Å²) in [5.41, 5.74) is 0. The molecule has 0 aliphatic carbocycles. The number of ether oxygens (including phenoxy) is 1. The lowest BCUT2D eigenvalue weighted by atomic mass is 10.3. The van der Waals surface area contributed by atoms with E-state index in [4.69, 9.17) is 4.74 Å². The predicted octanol–water partition coefficient (Wildman–Crippen LogP) is -0.655. The first-order valence-corrected chi connectivity index (χ1v) is 5.53. The molecule has 6 heteroatoms. The van der Waals surface area contributed by atoms with Crippen LogP contribution in [0.3, 0.4) is 0 Å². The third kappa shape index (κ3) is 4.69. The van der Waals surface area contributed by atoms with Crippen molar-refractivity contribution in [1.82, 2.24) is 20.1 Å². The first kappa shape index (κ1) is 13.1. The highest BCUT2D eigenvalue weighted by Gasteiger charge is 2.04. The number of hydrogen-bond acceptors (Lipinski definition) is 5. The lowest BCUT2D eigenvalue weighted by molar-refractivity contribution is 0.0430. The molecule has 1 atom stereocenters. The predicted molar refractivity (Wildman–Crippen MR) is 60.1 cm³/mol. The van der Waals surface area contributed by atoms with Crippen LogP contribution < -0.4 is 5.32 Å². The van der Waals surface area contributed by atoms with Gasteiger partial charge in [-0.1, -0.05) is 0 Å². The van der Waals surface area contributed by atoms with Crippen molar-refractivity contribution in [3.05, 3.63) is 12.2 Å². The van der Waals surface area contributed by atoms with Crippen LogP contribution in [0.1, 0.15) is 12.7 Å². The Labute approximate surface area is 95.6 Å². The highest BCUT2D eigenvalue weighted by molar-refractivity contribution is 4.84. The summed E-state index contributed by atoms with van der Waals surface area (Å²) in [6, 6.07) is 0. The fraction of sp³-hybridized carbons (Fsp3) is 0.800. The molecular weight excluding hydrogens is 208 g/mol. The van der Waals surface area contributed by atoms with Gasteiger partial charge < -0.3 is 19.7 Å². The molecule has 2 N–H and O–H groups in total. The van der Waals surface area contributed by atoms with Crippen molar-refractivity contribution in [2.24, 2.45) is 7.05 Å². The van der Waals surface area contributed by atoms with Crippen LogP contribution >= 0.6 is 0 Å². The summed E-state index contributed by atoms with van der Waals surface area (Å²) in [6.07, 6.45) is 2.04. The Balaban J connectivity index is 2.06. The van der Waals surface area contributed by atoms with Gasteiger partial charge >= 0.3 is 0 Å². The number of nitrogens with zero attached hydrogens (tertiary/aromatic N) is 3. The molecule has 0 bridgehead atoms. The first-order chi connectivity index (χ1) is 7.74. The van der Waals surface area contributed by atoms with E-state index in [0.29, 0.717) is 19.8 Å². The van der Waals surface area contributed by atoms with E-state index in [2.05, 4.69) is 15.5 Å². The van der Waals surface area contributed by atoms with Gasteiger partial charge in [0.15, 0.2) is 0 Å². The molecule has 1 heterocycles. The van der Waals surface area contributed by atoms with Crippen LogP contribution in [0.15, 0.2) is 6.33 Å². The van der Waals surface area contributed by atoms with Gasteiger partial charge in [0, 0.05) is 33.2 Å². The maximum atomic E-state index is 9.47. The Bertz CT molecular complexity index is 290. The largest absolute Gasteiger partial charge is 0.389 e. The van der Waals surface area contributed by atoms with E-state index in [1.54, 1.807) is 6.33 Å². The van der Waals surface area contributed by atoms with Crippen LogP contribution in [0, 0.1) is 0 Å². The molecule has 1 aromatic heterocycles. The Morgan fingerprint density at radius 3 is 3.06 bits per heavy atom. The minimum Gasteiger partial charge on any atom is -0.389 e. The average Bonchev–Trinajstić information content (AvgIpc) is 2.67. The molecule has 1 aromatic rings. The summed E-state index contributed by atoms with van der Waals surface area (Å²) in [7, 11) is 1.92. The van der Waals surface area contributed by atoms with E-state index < -0.39 is 6.10 Å². The summed E-state index contributed by atoms with van der Waals surface area (Å²) in [5.74, 6) is 0.937. The third-order valence-corrected chi connectivity index (χ3v) is 2.22. The Morgan fingerprint density at radius 1 is 1.62 bits per heavy atom. The molecule has 0 aromatic carbocycles. The number of rotatable bonds is 8. The summed E-state index contributed by atoms with van der Waals surface area (Å²) in [5, 5.41) is 20.4. The third-order valence-electron chi connectivity index (χ3n) is 2.22. The second-order valence-corrected chi connectivity index (χ2v) is 3.63. The van der Waals surface area contributed by atoms with E-state index in [1.807, 2.05) is 18.5 Å². The molecule has 1 unspecified atom stereocenters. The molecule has 0 radical (unpaired) electrons. The van der Waals surface area contributed by atoms with Gasteiger partial charge in [0.25, 0.3) is 0 Å². The van der Waals surface area contributed by atoms with Crippen molar-refractivity contribution < 1.29 is 9.84 Å². The second-order valence-electron chi connectivity index (χ2n) is 3.63. The summed E-state index contributed by atoms with van der Waals surface area (Å²) < 4.78 is 6.99. The molecule has 16 heavy (non-hydrogen) atoms. The van der Waals surface area contributed by atoms with Crippen LogP contribution in [0.2, 0.25) is 0 Å². The molecule has 0 fully saturated rings. The van der Waals surface area contributed by atoms with Gasteiger partial charge in [0.05, 0.1) is 12.7 Å². The van der Waals surface area contributed by atoms with Gasteiger partial charge in [0.2, 0.25) is 0 Å². The fourth-order valence-corrected chi connectivity index (χ4v) is 1.32. The monoisotopic (exact) mass is 228 g/mol. The van der Waals surface area contributed by atoms with Gasteiger partial charge in [-0.3, -0.25) is 0 Å². The molecule has 1 rings (SSSR count). The van der Waals surface area contributed by atoms with Crippen LogP contribution in [0.4, 0.5) is 0 Å². The maximum Gasteiger partial charge on any atom is 0.133 e.